The predicted molar refractivity (Wildman–Crippen MR) is 44.9 cm³/mol. The Bertz CT molecular complexity index is 134. The van der Waals surface area contributed by atoms with Crippen LogP contribution in [0.15, 0.2) is 22.5 Å². The summed E-state index contributed by atoms with van der Waals surface area (Å²) in [7, 11) is 1.55. The van der Waals surface area contributed by atoms with Crippen molar-refractivity contribution < 1.29 is 8.78 Å². The molecule has 0 spiro atoms. The van der Waals surface area contributed by atoms with Crippen molar-refractivity contribution in [3.8, 4) is 0 Å². The summed E-state index contributed by atoms with van der Waals surface area (Å²) in [6.07, 6.45) is 2.58. The van der Waals surface area contributed by atoms with Crippen LogP contribution in [0.5, 0.6) is 0 Å². The highest BCUT2D eigenvalue weighted by Crippen LogP contribution is 2.36. The van der Waals surface area contributed by atoms with Crippen LogP contribution < -0.4 is 0 Å². The van der Waals surface area contributed by atoms with Crippen LogP contribution in [-0.2, 0) is 0 Å². The average Bonchev–Trinajstić information content (AvgIpc) is 1.99. The van der Waals surface area contributed by atoms with E-state index in [9.17, 15) is 8.78 Å². The van der Waals surface area contributed by atoms with Gasteiger partial charge >= 0.3 is 0 Å². The molecule has 0 radical (unpaired) electrons. The van der Waals surface area contributed by atoms with Crippen LogP contribution in [-0.4, -0.2) is 0 Å². The Morgan fingerprint density at radius 3 is 1.50 bits per heavy atom. The predicted octanol–water partition coefficient (Wildman–Crippen LogP) is 4.03. The topological polar surface area (TPSA) is 0 Å². The largest absolute Gasteiger partial charge is 0.199 e. The molecule has 0 N–H and O–H groups in total. The molecule has 0 rings (SSSR count). The zero-order chi connectivity index (χ0) is 7.98. The van der Waals surface area contributed by atoms with Crippen molar-refractivity contribution in [3.63, 3.8) is 0 Å². The van der Waals surface area contributed by atoms with Gasteiger partial charge in [0.2, 0.25) is 0 Å². The first-order valence-electron chi connectivity index (χ1n) is 2.68. The Hall–Kier alpha value is 0.0400. The molecular weight excluding hydrogens is 174 g/mol. The molecule has 0 aromatic rings. The van der Waals surface area contributed by atoms with Gasteiger partial charge in [-0.05, 0) is 47.6 Å². The third-order valence-electron chi connectivity index (χ3n) is 0.655. The van der Waals surface area contributed by atoms with Crippen molar-refractivity contribution >= 4 is 21.6 Å². The molecule has 0 nitrogen and oxygen atoms in total. The summed E-state index contributed by atoms with van der Waals surface area (Å²) >= 11 is 0. The van der Waals surface area contributed by atoms with Gasteiger partial charge in [0.1, 0.15) is 0 Å². The van der Waals surface area contributed by atoms with E-state index < -0.39 is 0 Å². The van der Waals surface area contributed by atoms with Gasteiger partial charge in [0.05, 0.1) is 0 Å². The number of rotatable bonds is 3. The van der Waals surface area contributed by atoms with Gasteiger partial charge in [-0.1, -0.05) is 0 Å². The van der Waals surface area contributed by atoms with Crippen molar-refractivity contribution in [3.05, 3.63) is 22.5 Å². The summed E-state index contributed by atoms with van der Waals surface area (Å²) in [6.45, 7) is 3.13. The maximum Gasteiger partial charge on any atom is 0.163 e. The van der Waals surface area contributed by atoms with Gasteiger partial charge in [-0.25, -0.2) is 0 Å². The van der Waals surface area contributed by atoms with E-state index in [1.165, 1.54) is 12.2 Å². The van der Waals surface area contributed by atoms with Crippen molar-refractivity contribution in [1.29, 1.82) is 0 Å². The quantitative estimate of drug-likeness (QED) is 0.604. The SMILES string of the molecule is CC=C(F)SSC(F)=CC. The smallest absolute Gasteiger partial charge is 0.163 e. The van der Waals surface area contributed by atoms with Crippen LogP contribution in [0.3, 0.4) is 0 Å². The van der Waals surface area contributed by atoms with Gasteiger partial charge in [-0.2, -0.15) is 8.78 Å². The molecule has 10 heavy (non-hydrogen) atoms. The zero-order valence-corrected chi connectivity index (χ0v) is 7.36. The molecule has 0 aromatic heterocycles. The molecule has 0 aliphatic carbocycles. The Morgan fingerprint density at radius 2 is 1.30 bits per heavy atom. The minimum absolute atomic E-state index is 0.373. The molecule has 0 heterocycles. The molecule has 0 aliphatic heterocycles. The van der Waals surface area contributed by atoms with Crippen LogP contribution in [0.4, 0.5) is 8.78 Å². The second-order valence-electron chi connectivity index (χ2n) is 1.35. The van der Waals surface area contributed by atoms with Crippen molar-refractivity contribution in [1.82, 2.24) is 0 Å². The summed E-state index contributed by atoms with van der Waals surface area (Å²) in [4.78, 5) is 0. The Balaban J connectivity index is 3.56. The third kappa shape index (κ3) is 4.88. The van der Waals surface area contributed by atoms with E-state index in [1.54, 1.807) is 13.8 Å². The third-order valence-corrected chi connectivity index (χ3v) is 2.73. The first-order valence-corrected chi connectivity index (χ1v) is 4.83. The number of allylic oxidation sites excluding steroid dienone is 2. The maximum absolute atomic E-state index is 12.2. The van der Waals surface area contributed by atoms with E-state index in [-0.39, 0.29) is 10.3 Å². The second-order valence-corrected chi connectivity index (χ2v) is 3.47. The molecule has 0 amide bonds. The van der Waals surface area contributed by atoms with Crippen LogP contribution in [0.25, 0.3) is 0 Å². The fraction of sp³-hybridized carbons (Fsp3) is 0.333. The summed E-state index contributed by atoms with van der Waals surface area (Å²) in [5, 5.41) is -0.746. The number of hydrogen-bond donors (Lipinski definition) is 0. The van der Waals surface area contributed by atoms with Crippen LogP contribution >= 0.6 is 21.6 Å². The summed E-state index contributed by atoms with van der Waals surface area (Å²) in [6, 6.07) is 0. The summed E-state index contributed by atoms with van der Waals surface area (Å²) < 4.78 is 24.5. The Labute approximate surface area is 67.2 Å². The lowest BCUT2D eigenvalue weighted by Crippen LogP contribution is -1.58. The van der Waals surface area contributed by atoms with E-state index in [0.717, 1.165) is 21.6 Å². The van der Waals surface area contributed by atoms with E-state index in [4.69, 9.17) is 0 Å². The zero-order valence-electron chi connectivity index (χ0n) is 5.73. The standard InChI is InChI=1S/C6H8F2S2/c1-3-5(7)9-10-6(8)4-2/h3-4H,1-2H3. The summed E-state index contributed by atoms with van der Waals surface area (Å²) in [5.41, 5.74) is 0. The fourth-order valence-electron chi connectivity index (χ4n) is 0.176. The normalized spacial score (nSPS) is 14.0. The Morgan fingerprint density at radius 1 is 1.00 bits per heavy atom. The van der Waals surface area contributed by atoms with Crippen LogP contribution in [0, 0.1) is 0 Å². The maximum atomic E-state index is 12.2. The lowest BCUT2D eigenvalue weighted by Gasteiger charge is -1.91. The average molecular weight is 182 g/mol. The molecule has 0 atom stereocenters. The van der Waals surface area contributed by atoms with Crippen molar-refractivity contribution in [2.45, 2.75) is 13.8 Å². The molecule has 0 aliphatic rings. The van der Waals surface area contributed by atoms with E-state index in [0.29, 0.717) is 0 Å². The molecular formula is C6H8F2S2. The van der Waals surface area contributed by atoms with Gasteiger partial charge in [0.25, 0.3) is 0 Å². The van der Waals surface area contributed by atoms with Gasteiger partial charge in [-0.15, -0.1) is 0 Å². The minimum atomic E-state index is -0.373. The van der Waals surface area contributed by atoms with E-state index >= 15 is 0 Å². The molecule has 4 heteroatoms. The Kier molecular flexibility index (Phi) is 5.82. The lowest BCUT2D eigenvalue weighted by atomic mass is 10.8. The number of halogens is 2. The van der Waals surface area contributed by atoms with Gasteiger partial charge in [0, 0.05) is 0 Å². The first-order chi connectivity index (χ1) is 4.70. The minimum Gasteiger partial charge on any atom is -0.199 e. The van der Waals surface area contributed by atoms with E-state index in [1.807, 2.05) is 0 Å². The van der Waals surface area contributed by atoms with Gasteiger partial charge in [0.15, 0.2) is 10.3 Å². The van der Waals surface area contributed by atoms with Crippen molar-refractivity contribution in [2.24, 2.45) is 0 Å². The van der Waals surface area contributed by atoms with Crippen molar-refractivity contribution in [2.75, 3.05) is 0 Å². The molecule has 0 aromatic carbocycles. The molecule has 0 saturated carbocycles. The van der Waals surface area contributed by atoms with E-state index in [2.05, 4.69) is 0 Å². The van der Waals surface area contributed by atoms with Crippen LogP contribution in [0.2, 0.25) is 0 Å². The molecule has 58 valence electrons. The van der Waals surface area contributed by atoms with Crippen LogP contribution in [0.1, 0.15) is 13.8 Å². The molecule has 0 bridgehead atoms. The number of hydrogen-bond acceptors (Lipinski definition) is 2. The van der Waals surface area contributed by atoms with Gasteiger partial charge in [-0.3, -0.25) is 0 Å². The second kappa shape index (κ2) is 5.80. The molecule has 0 saturated heterocycles. The molecule has 0 fully saturated rings. The highest BCUT2D eigenvalue weighted by molar-refractivity contribution is 8.79. The lowest BCUT2D eigenvalue weighted by molar-refractivity contribution is 0.696. The highest BCUT2D eigenvalue weighted by Gasteiger charge is 1.97. The first kappa shape index (κ1) is 10.0. The van der Waals surface area contributed by atoms with Gasteiger partial charge < -0.3 is 0 Å². The summed E-state index contributed by atoms with van der Waals surface area (Å²) in [5.74, 6) is 0. The molecule has 0 unspecified atom stereocenters. The monoisotopic (exact) mass is 182 g/mol. The highest BCUT2D eigenvalue weighted by atomic mass is 33.1. The fourth-order valence-corrected chi connectivity index (χ4v) is 1.58.